The Morgan fingerprint density at radius 1 is 0.972 bits per heavy atom. The van der Waals surface area contributed by atoms with Crippen LogP contribution in [0.1, 0.15) is 38.8 Å². The predicted octanol–water partition coefficient (Wildman–Crippen LogP) is 5.21. The summed E-state index contributed by atoms with van der Waals surface area (Å²) in [5.74, 6) is 1.06. The van der Waals surface area contributed by atoms with E-state index in [9.17, 15) is 9.59 Å². The van der Waals surface area contributed by atoms with Gasteiger partial charge in [0.1, 0.15) is 0 Å². The summed E-state index contributed by atoms with van der Waals surface area (Å²) in [6.45, 7) is 6.81. The van der Waals surface area contributed by atoms with Gasteiger partial charge >= 0.3 is 0 Å². The zero-order valence-electron chi connectivity index (χ0n) is 20.6. The lowest BCUT2D eigenvalue weighted by molar-refractivity contribution is -0.119. The number of thioether (sulfide) groups is 1. The SMILES string of the molecule is CC(C)CCn1c(=O)c2ccccc2n2c(SCC(=O)NC(C)c3ccc4ccccc4c3)nnc12. The Balaban J connectivity index is 1.37. The molecule has 1 unspecified atom stereocenters. The van der Waals surface area contributed by atoms with Crippen LogP contribution in [-0.4, -0.2) is 30.8 Å². The highest BCUT2D eigenvalue weighted by molar-refractivity contribution is 7.99. The van der Waals surface area contributed by atoms with E-state index < -0.39 is 0 Å². The number of amides is 1. The number of aryl methyl sites for hydroxylation is 1. The van der Waals surface area contributed by atoms with Gasteiger partial charge in [-0.25, -0.2) is 0 Å². The molecule has 36 heavy (non-hydrogen) atoms. The fourth-order valence-corrected chi connectivity index (χ4v) is 5.14. The average molecular weight is 500 g/mol. The number of carbonyl (C=O) groups is 1. The third kappa shape index (κ3) is 4.73. The molecule has 7 nitrogen and oxygen atoms in total. The van der Waals surface area contributed by atoms with Crippen LogP contribution in [0.25, 0.3) is 27.5 Å². The molecule has 8 heteroatoms. The lowest BCUT2D eigenvalue weighted by atomic mass is 10.0. The van der Waals surface area contributed by atoms with Crippen LogP contribution in [0.5, 0.6) is 0 Å². The molecule has 0 bridgehead atoms. The van der Waals surface area contributed by atoms with Crippen molar-refractivity contribution in [3.8, 4) is 0 Å². The van der Waals surface area contributed by atoms with Gasteiger partial charge in [-0.3, -0.25) is 18.6 Å². The Hall–Kier alpha value is -3.65. The monoisotopic (exact) mass is 499 g/mol. The summed E-state index contributed by atoms with van der Waals surface area (Å²) < 4.78 is 3.59. The molecule has 184 valence electrons. The van der Waals surface area contributed by atoms with E-state index in [0.717, 1.165) is 22.9 Å². The predicted molar refractivity (Wildman–Crippen MR) is 145 cm³/mol. The van der Waals surface area contributed by atoms with Crippen molar-refractivity contribution in [3.63, 3.8) is 0 Å². The summed E-state index contributed by atoms with van der Waals surface area (Å²) in [7, 11) is 0. The van der Waals surface area contributed by atoms with Crippen LogP contribution in [0.2, 0.25) is 0 Å². The van der Waals surface area contributed by atoms with Crippen molar-refractivity contribution in [3.05, 3.63) is 82.6 Å². The number of nitrogens with zero attached hydrogens (tertiary/aromatic N) is 4. The molecule has 1 N–H and O–H groups in total. The standard InChI is InChI=1S/C28H29N5O2S/c1-18(2)14-15-32-26(35)23-10-6-7-11-24(23)33-27(32)30-31-28(33)36-17-25(34)29-19(3)21-13-12-20-8-4-5-9-22(20)16-21/h4-13,16,18-19H,14-15,17H2,1-3H3,(H,29,34). The third-order valence-corrected chi connectivity index (χ3v) is 7.32. The first kappa shape index (κ1) is 24.1. The van der Waals surface area contributed by atoms with Crippen LogP contribution in [-0.2, 0) is 11.3 Å². The van der Waals surface area contributed by atoms with E-state index in [1.165, 1.54) is 17.1 Å². The van der Waals surface area contributed by atoms with Crippen molar-refractivity contribution in [2.45, 2.75) is 44.9 Å². The molecule has 5 aromatic rings. The van der Waals surface area contributed by atoms with Crippen molar-refractivity contribution in [2.24, 2.45) is 5.92 Å². The highest BCUT2D eigenvalue weighted by Gasteiger charge is 2.18. The molecule has 1 amide bonds. The maximum Gasteiger partial charge on any atom is 0.262 e. The third-order valence-electron chi connectivity index (χ3n) is 6.39. The van der Waals surface area contributed by atoms with E-state index in [1.807, 2.05) is 47.7 Å². The topological polar surface area (TPSA) is 81.3 Å². The number of nitrogens with one attached hydrogen (secondary N) is 1. The number of fused-ring (bicyclic) bond motifs is 4. The molecule has 0 fully saturated rings. The Morgan fingerprint density at radius 2 is 1.72 bits per heavy atom. The average Bonchev–Trinajstić information content (AvgIpc) is 3.31. The van der Waals surface area contributed by atoms with Gasteiger partial charge in [0.25, 0.3) is 5.56 Å². The number of benzene rings is 3. The van der Waals surface area contributed by atoms with Crippen molar-refractivity contribution < 1.29 is 4.79 Å². The van der Waals surface area contributed by atoms with Gasteiger partial charge in [-0.1, -0.05) is 74.1 Å². The van der Waals surface area contributed by atoms with Gasteiger partial charge < -0.3 is 5.32 Å². The van der Waals surface area contributed by atoms with Crippen molar-refractivity contribution in [1.82, 2.24) is 24.5 Å². The van der Waals surface area contributed by atoms with Crippen molar-refractivity contribution >= 4 is 45.1 Å². The lowest BCUT2D eigenvalue weighted by Crippen LogP contribution is -2.28. The van der Waals surface area contributed by atoms with Gasteiger partial charge in [-0.2, -0.15) is 0 Å². The molecule has 0 radical (unpaired) electrons. The van der Waals surface area contributed by atoms with Crippen LogP contribution in [0, 0.1) is 5.92 Å². The minimum Gasteiger partial charge on any atom is -0.349 e. The second-order valence-electron chi connectivity index (χ2n) is 9.46. The first-order chi connectivity index (χ1) is 17.4. The number of hydrogen-bond donors (Lipinski definition) is 1. The summed E-state index contributed by atoms with van der Waals surface area (Å²) in [5.41, 5.74) is 1.74. The quantitative estimate of drug-likeness (QED) is 0.296. The molecular formula is C28H29N5O2S. The van der Waals surface area contributed by atoms with Crippen molar-refractivity contribution in [2.75, 3.05) is 5.75 Å². The molecule has 2 aromatic heterocycles. The molecule has 0 saturated carbocycles. The summed E-state index contributed by atoms with van der Waals surface area (Å²) in [6, 6.07) is 21.8. The maximum absolute atomic E-state index is 13.2. The lowest BCUT2D eigenvalue weighted by Gasteiger charge is -2.15. The van der Waals surface area contributed by atoms with E-state index in [4.69, 9.17) is 0 Å². The molecule has 0 aliphatic heterocycles. The van der Waals surface area contributed by atoms with Crippen LogP contribution >= 0.6 is 11.8 Å². The van der Waals surface area contributed by atoms with Gasteiger partial charge in [-0.05, 0) is 53.8 Å². The van der Waals surface area contributed by atoms with Crippen LogP contribution in [0.4, 0.5) is 0 Å². The molecule has 2 heterocycles. The molecule has 0 saturated heterocycles. The van der Waals surface area contributed by atoms with Gasteiger partial charge in [0.2, 0.25) is 11.7 Å². The first-order valence-electron chi connectivity index (χ1n) is 12.2. The Bertz CT molecular complexity index is 1620. The Morgan fingerprint density at radius 3 is 2.53 bits per heavy atom. The number of carbonyl (C=O) groups excluding carboxylic acids is 1. The molecular weight excluding hydrogens is 470 g/mol. The van der Waals surface area contributed by atoms with Gasteiger partial charge in [-0.15, -0.1) is 10.2 Å². The number of hydrogen-bond acceptors (Lipinski definition) is 5. The summed E-state index contributed by atoms with van der Waals surface area (Å²) in [5, 5.41) is 15.3. The van der Waals surface area contributed by atoms with Crippen LogP contribution in [0.3, 0.4) is 0 Å². The van der Waals surface area contributed by atoms with E-state index in [0.29, 0.717) is 28.8 Å². The van der Waals surface area contributed by atoms with Gasteiger partial charge in [0, 0.05) is 6.54 Å². The summed E-state index contributed by atoms with van der Waals surface area (Å²) >= 11 is 1.32. The van der Waals surface area contributed by atoms with Crippen LogP contribution in [0.15, 0.2) is 76.7 Å². The molecule has 1 atom stereocenters. The van der Waals surface area contributed by atoms with E-state index in [-0.39, 0.29) is 23.3 Å². The van der Waals surface area contributed by atoms with Gasteiger partial charge in [0.15, 0.2) is 5.16 Å². The molecule has 5 rings (SSSR count). The summed E-state index contributed by atoms with van der Waals surface area (Å²) in [6.07, 6.45) is 0.859. The summed E-state index contributed by atoms with van der Waals surface area (Å²) in [4.78, 5) is 26.0. The second kappa shape index (κ2) is 10.1. The van der Waals surface area contributed by atoms with E-state index in [2.05, 4.69) is 59.7 Å². The highest BCUT2D eigenvalue weighted by atomic mass is 32.2. The molecule has 0 aliphatic rings. The van der Waals surface area contributed by atoms with Gasteiger partial charge in [0.05, 0.1) is 22.7 Å². The molecule has 3 aromatic carbocycles. The van der Waals surface area contributed by atoms with E-state index in [1.54, 1.807) is 4.57 Å². The number of aromatic nitrogens is 4. The smallest absolute Gasteiger partial charge is 0.262 e. The maximum atomic E-state index is 13.2. The minimum absolute atomic E-state index is 0.0651. The molecule has 0 spiro atoms. The highest BCUT2D eigenvalue weighted by Crippen LogP contribution is 2.23. The van der Waals surface area contributed by atoms with Crippen LogP contribution < -0.4 is 10.9 Å². The fraction of sp³-hybridized carbons (Fsp3) is 0.286. The largest absolute Gasteiger partial charge is 0.349 e. The normalized spacial score (nSPS) is 12.6. The zero-order chi connectivity index (χ0) is 25.2. The van der Waals surface area contributed by atoms with E-state index >= 15 is 0 Å². The fourth-order valence-electron chi connectivity index (χ4n) is 4.39. The second-order valence-corrected chi connectivity index (χ2v) is 10.4. The number of rotatable bonds is 8. The minimum atomic E-state index is -0.125. The first-order valence-corrected chi connectivity index (χ1v) is 13.2. The van der Waals surface area contributed by atoms with Crippen molar-refractivity contribution in [1.29, 1.82) is 0 Å². The number of para-hydroxylation sites is 1. The zero-order valence-corrected chi connectivity index (χ0v) is 21.5. The Labute approximate surface area is 213 Å². The molecule has 0 aliphatic carbocycles. The Kier molecular flexibility index (Phi) is 6.78.